The summed E-state index contributed by atoms with van der Waals surface area (Å²) in [6.07, 6.45) is 8.43. The van der Waals surface area contributed by atoms with E-state index in [9.17, 15) is 0 Å². The molecular formula is C33H40FN7O. The van der Waals surface area contributed by atoms with E-state index in [2.05, 4.69) is 79.5 Å². The number of hydrogen-bond donors (Lipinski definition) is 0. The summed E-state index contributed by atoms with van der Waals surface area (Å²) >= 11 is 0. The van der Waals surface area contributed by atoms with Crippen molar-refractivity contribution in [2.24, 2.45) is 0 Å². The van der Waals surface area contributed by atoms with E-state index in [-0.39, 0.29) is 12.1 Å². The maximum Gasteiger partial charge on any atom is 0.162 e. The lowest BCUT2D eigenvalue weighted by Crippen LogP contribution is -2.38. The Morgan fingerprint density at radius 1 is 0.857 bits per heavy atom. The van der Waals surface area contributed by atoms with Gasteiger partial charge in [0.2, 0.25) is 0 Å². The van der Waals surface area contributed by atoms with Crippen LogP contribution in [0, 0.1) is 0 Å². The molecule has 0 amide bonds. The Hall–Kier alpha value is -3.43. The molecule has 0 bridgehead atoms. The van der Waals surface area contributed by atoms with Gasteiger partial charge in [0.1, 0.15) is 17.6 Å². The van der Waals surface area contributed by atoms with Crippen LogP contribution in [0.5, 0.6) is 0 Å². The summed E-state index contributed by atoms with van der Waals surface area (Å²) in [5.74, 6) is 2.39. The smallest absolute Gasteiger partial charge is 0.162 e. The quantitative estimate of drug-likeness (QED) is 0.290. The van der Waals surface area contributed by atoms with Crippen LogP contribution in [-0.2, 0) is 29.8 Å². The second kappa shape index (κ2) is 11.7. The van der Waals surface area contributed by atoms with Crippen LogP contribution in [0.3, 0.4) is 0 Å². The Bertz CT molecular complexity index is 1490. The number of halogens is 1. The molecule has 3 aliphatic rings. The van der Waals surface area contributed by atoms with E-state index in [1.54, 1.807) is 0 Å². The average molecular weight is 570 g/mol. The van der Waals surface area contributed by atoms with Gasteiger partial charge in [-0.2, -0.15) is 0 Å². The minimum atomic E-state index is -1.36. The zero-order valence-electron chi connectivity index (χ0n) is 24.4. The summed E-state index contributed by atoms with van der Waals surface area (Å²) in [4.78, 5) is 2.17. The van der Waals surface area contributed by atoms with Gasteiger partial charge in [-0.1, -0.05) is 59.8 Å². The Balaban J connectivity index is 0.992. The molecular weight excluding hydrogens is 529 g/mol. The van der Waals surface area contributed by atoms with Crippen molar-refractivity contribution in [2.45, 2.75) is 81.6 Å². The lowest BCUT2D eigenvalue weighted by Gasteiger charge is -2.33. The third-order valence-corrected chi connectivity index (χ3v) is 9.58. The summed E-state index contributed by atoms with van der Waals surface area (Å²) in [5.41, 5.74) is 3.02. The van der Waals surface area contributed by atoms with E-state index in [1.165, 1.54) is 16.7 Å². The van der Waals surface area contributed by atoms with Crippen LogP contribution in [0.1, 0.15) is 90.6 Å². The summed E-state index contributed by atoms with van der Waals surface area (Å²) in [5, 5.41) is 18.0. The maximum absolute atomic E-state index is 15.6. The highest BCUT2D eigenvalue weighted by atomic mass is 19.1. The van der Waals surface area contributed by atoms with Crippen molar-refractivity contribution < 1.29 is 9.13 Å². The Morgan fingerprint density at radius 3 is 2.40 bits per heavy atom. The second-order valence-corrected chi connectivity index (χ2v) is 12.5. The van der Waals surface area contributed by atoms with Crippen molar-refractivity contribution in [3.63, 3.8) is 0 Å². The van der Waals surface area contributed by atoms with Gasteiger partial charge in [0.05, 0.1) is 18.8 Å². The molecule has 1 atom stereocenters. The molecule has 4 heterocycles. The molecule has 2 fully saturated rings. The van der Waals surface area contributed by atoms with Crippen molar-refractivity contribution >= 4 is 0 Å². The standard InChI is InChI=1S/C33H40FN7O/c1-39-16-14-33(34,15-17-39)30-23-41(38-35-30)28-12-10-27(11-13-28)31-36-37-32-29(42-19-18-40(31)32)22-26-9-5-8-25(21-26)20-24-6-3-2-4-7-24/h2-9,21,23,27-29H,10-20,22H2,1H3. The first kappa shape index (κ1) is 27.4. The summed E-state index contributed by atoms with van der Waals surface area (Å²) < 4.78 is 26.0. The minimum absolute atomic E-state index is 0.0931. The number of likely N-dealkylation sites (tertiary alicyclic amines) is 1. The van der Waals surface area contributed by atoms with E-state index >= 15 is 4.39 Å². The Morgan fingerprint density at radius 2 is 1.60 bits per heavy atom. The number of piperidine rings is 1. The SMILES string of the molecule is CN1CCC(F)(c2cn(C3CCC(c4nnc5n4CCOC5Cc4cccc(Cc5ccccc5)c4)CC3)nn2)CC1. The third-order valence-electron chi connectivity index (χ3n) is 9.58. The second-order valence-electron chi connectivity index (χ2n) is 12.5. The number of ether oxygens (including phenoxy) is 1. The van der Waals surface area contributed by atoms with Gasteiger partial charge in [-0.15, -0.1) is 15.3 Å². The molecule has 8 nitrogen and oxygen atoms in total. The molecule has 0 spiro atoms. The molecule has 220 valence electrons. The van der Waals surface area contributed by atoms with Crippen LogP contribution < -0.4 is 0 Å². The van der Waals surface area contributed by atoms with Crippen LogP contribution in [0.2, 0.25) is 0 Å². The molecule has 2 aromatic carbocycles. The molecule has 0 radical (unpaired) electrons. The third kappa shape index (κ3) is 5.64. The van der Waals surface area contributed by atoms with Crippen LogP contribution in [0.15, 0.2) is 60.8 Å². The number of alkyl halides is 1. The van der Waals surface area contributed by atoms with Crippen molar-refractivity contribution in [2.75, 3.05) is 26.7 Å². The van der Waals surface area contributed by atoms with Gasteiger partial charge in [-0.25, -0.2) is 9.07 Å². The first-order valence-corrected chi connectivity index (χ1v) is 15.5. The molecule has 2 aliphatic heterocycles. The summed E-state index contributed by atoms with van der Waals surface area (Å²) in [6, 6.07) is 19.7. The first-order chi connectivity index (χ1) is 20.5. The molecule has 1 saturated heterocycles. The minimum Gasteiger partial charge on any atom is -0.368 e. The highest BCUT2D eigenvalue weighted by Crippen LogP contribution is 2.40. The predicted molar refractivity (Wildman–Crippen MR) is 158 cm³/mol. The lowest BCUT2D eigenvalue weighted by atomic mass is 9.85. The number of fused-ring (bicyclic) bond motifs is 1. The monoisotopic (exact) mass is 569 g/mol. The lowest BCUT2D eigenvalue weighted by molar-refractivity contribution is 0.0162. The molecule has 0 N–H and O–H groups in total. The van der Waals surface area contributed by atoms with E-state index in [4.69, 9.17) is 9.84 Å². The molecule has 9 heteroatoms. The Kier molecular flexibility index (Phi) is 7.63. The number of aromatic nitrogens is 6. The van der Waals surface area contributed by atoms with Gasteiger partial charge in [0.25, 0.3) is 0 Å². The van der Waals surface area contributed by atoms with Gasteiger partial charge in [0, 0.05) is 44.8 Å². The van der Waals surface area contributed by atoms with E-state index in [0.29, 0.717) is 31.1 Å². The van der Waals surface area contributed by atoms with Gasteiger partial charge >= 0.3 is 0 Å². The van der Waals surface area contributed by atoms with E-state index in [0.717, 1.165) is 69.8 Å². The number of rotatable bonds is 7. The molecule has 1 saturated carbocycles. The van der Waals surface area contributed by atoms with Gasteiger partial charge in [-0.3, -0.25) is 0 Å². The average Bonchev–Trinajstić information content (AvgIpc) is 3.69. The van der Waals surface area contributed by atoms with Crippen LogP contribution >= 0.6 is 0 Å². The zero-order valence-corrected chi connectivity index (χ0v) is 24.4. The number of hydrogen-bond acceptors (Lipinski definition) is 6. The normalized spacial score (nSPS) is 24.4. The zero-order chi connectivity index (χ0) is 28.5. The van der Waals surface area contributed by atoms with Crippen LogP contribution in [0.25, 0.3) is 0 Å². The molecule has 7 rings (SSSR count). The molecule has 4 aromatic rings. The summed E-state index contributed by atoms with van der Waals surface area (Å²) in [6.45, 7) is 2.97. The molecule has 1 unspecified atom stereocenters. The number of benzene rings is 2. The van der Waals surface area contributed by atoms with Gasteiger partial charge < -0.3 is 14.2 Å². The topological polar surface area (TPSA) is 73.9 Å². The van der Waals surface area contributed by atoms with Gasteiger partial charge in [0.15, 0.2) is 11.5 Å². The largest absolute Gasteiger partial charge is 0.368 e. The van der Waals surface area contributed by atoms with Crippen molar-refractivity contribution in [1.29, 1.82) is 0 Å². The van der Waals surface area contributed by atoms with Gasteiger partial charge in [-0.05, 0) is 55.8 Å². The Labute approximate surface area is 246 Å². The maximum atomic E-state index is 15.6. The predicted octanol–water partition coefficient (Wildman–Crippen LogP) is 5.56. The van der Waals surface area contributed by atoms with Crippen LogP contribution in [0.4, 0.5) is 4.39 Å². The van der Waals surface area contributed by atoms with Crippen LogP contribution in [-0.4, -0.2) is 61.4 Å². The highest BCUT2D eigenvalue weighted by molar-refractivity contribution is 5.30. The molecule has 1 aliphatic carbocycles. The summed E-state index contributed by atoms with van der Waals surface area (Å²) in [7, 11) is 2.04. The first-order valence-electron chi connectivity index (χ1n) is 15.5. The van der Waals surface area contributed by atoms with Crippen molar-refractivity contribution in [3.05, 3.63) is 94.8 Å². The van der Waals surface area contributed by atoms with Crippen molar-refractivity contribution in [3.8, 4) is 0 Å². The fraction of sp³-hybridized carbons (Fsp3) is 0.515. The molecule has 42 heavy (non-hydrogen) atoms. The van der Waals surface area contributed by atoms with E-state index < -0.39 is 5.67 Å². The van der Waals surface area contributed by atoms with Crippen molar-refractivity contribution in [1.82, 2.24) is 34.7 Å². The highest BCUT2D eigenvalue weighted by Gasteiger charge is 2.39. The number of nitrogens with zero attached hydrogens (tertiary/aromatic N) is 7. The fourth-order valence-electron chi connectivity index (χ4n) is 7.01. The fourth-order valence-corrected chi connectivity index (χ4v) is 7.01. The van der Waals surface area contributed by atoms with E-state index in [1.807, 2.05) is 17.9 Å². The molecule has 2 aromatic heterocycles.